The maximum Gasteiger partial charge on any atom is 0.239 e. The summed E-state index contributed by atoms with van der Waals surface area (Å²) < 4.78 is 0. The van der Waals surface area contributed by atoms with Gasteiger partial charge in [-0.2, -0.15) is 0 Å². The van der Waals surface area contributed by atoms with Crippen LogP contribution in [0.5, 0.6) is 0 Å². The number of likely N-dealkylation sites (N-methyl/N-ethyl adjacent to an activating group) is 1. The molecular weight excluding hydrogens is 304 g/mol. The largest absolute Gasteiger partial charge is 0.355 e. The van der Waals surface area contributed by atoms with Crippen molar-refractivity contribution in [1.82, 2.24) is 15.1 Å². The average Bonchev–Trinajstić information content (AvgIpc) is 2.40. The third kappa shape index (κ3) is 6.50. The molecule has 1 fully saturated rings. The highest BCUT2D eigenvalue weighted by molar-refractivity contribution is 5.85. The second kappa shape index (κ2) is 9.33. The number of piperidine rings is 1. The van der Waals surface area contributed by atoms with Crippen LogP contribution in [-0.2, 0) is 9.59 Å². The Balaban J connectivity index is 0.00000441. The SMILES string of the molecule is CCCNC(=O)CN(C)C(=O)CN1CCC(N)C(C)(C)C1.Cl. The number of carbonyl (C=O) groups excluding carboxylic acids is 2. The fraction of sp³-hybridized carbons (Fsp3) is 0.867. The number of hydrogen-bond donors (Lipinski definition) is 2. The summed E-state index contributed by atoms with van der Waals surface area (Å²) in [6.45, 7) is 9.05. The molecule has 0 aliphatic carbocycles. The van der Waals surface area contributed by atoms with Crippen molar-refractivity contribution in [3.8, 4) is 0 Å². The van der Waals surface area contributed by atoms with Gasteiger partial charge in [-0.15, -0.1) is 12.4 Å². The highest BCUT2D eigenvalue weighted by Crippen LogP contribution is 2.27. The smallest absolute Gasteiger partial charge is 0.239 e. The van der Waals surface area contributed by atoms with Crippen molar-refractivity contribution < 1.29 is 9.59 Å². The average molecular weight is 335 g/mol. The quantitative estimate of drug-likeness (QED) is 0.739. The van der Waals surface area contributed by atoms with Crippen molar-refractivity contribution in [1.29, 1.82) is 0 Å². The third-order valence-corrected chi connectivity index (χ3v) is 4.13. The standard InChI is InChI=1S/C15H30N4O2.ClH/c1-5-7-17-13(20)9-18(4)14(21)10-19-8-6-12(16)15(2,3)11-19;/h12H,5-11,16H2,1-4H3,(H,17,20);1H. The fourth-order valence-electron chi connectivity index (χ4n) is 2.56. The molecule has 1 atom stereocenters. The lowest BCUT2D eigenvalue weighted by atomic mass is 9.80. The molecule has 22 heavy (non-hydrogen) atoms. The Bertz CT molecular complexity index is 377. The fourth-order valence-corrected chi connectivity index (χ4v) is 2.56. The van der Waals surface area contributed by atoms with E-state index >= 15 is 0 Å². The number of hydrogen-bond acceptors (Lipinski definition) is 4. The van der Waals surface area contributed by atoms with E-state index in [0.29, 0.717) is 13.1 Å². The topological polar surface area (TPSA) is 78.7 Å². The molecule has 3 N–H and O–H groups in total. The van der Waals surface area contributed by atoms with Crippen molar-refractivity contribution >= 4 is 24.2 Å². The van der Waals surface area contributed by atoms with Crippen molar-refractivity contribution in [2.45, 2.75) is 39.7 Å². The summed E-state index contributed by atoms with van der Waals surface area (Å²) in [6, 6.07) is 0.182. The molecule has 2 amide bonds. The van der Waals surface area contributed by atoms with Crippen LogP contribution in [0.1, 0.15) is 33.6 Å². The van der Waals surface area contributed by atoms with Crippen molar-refractivity contribution in [3.63, 3.8) is 0 Å². The number of nitrogens with one attached hydrogen (secondary N) is 1. The number of halogens is 1. The molecule has 0 bridgehead atoms. The minimum absolute atomic E-state index is 0. The molecule has 0 saturated carbocycles. The van der Waals surface area contributed by atoms with Crippen molar-refractivity contribution in [2.24, 2.45) is 11.1 Å². The van der Waals surface area contributed by atoms with Gasteiger partial charge in [-0.05, 0) is 18.3 Å². The third-order valence-electron chi connectivity index (χ3n) is 4.13. The van der Waals surface area contributed by atoms with E-state index in [1.807, 2.05) is 6.92 Å². The summed E-state index contributed by atoms with van der Waals surface area (Å²) in [4.78, 5) is 27.4. The first-order chi connectivity index (χ1) is 9.76. The number of carbonyl (C=O) groups is 2. The minimum atomic E-state index is -0.103. The first kappa shape index (κ1) is 21.1. The van der Waals surface area contributed by atoms with E-state index < -0.39 is 0 Å². The molecule has 6 nitrogen and oxygen atoms in total. The summed E-state index contributed by atoms with van der Waals surface area (Å²) in [6.07, 6.45) is 1.80. The second-order valence-electron chi connectivity index (χ2n) is 6.69. The van der Waals surface area contributed by atoms with Gasteiger partial charge in [0.2, 0.25) is 11.8 Å². The zero-order chi connectivity index (χ0) is 16.0. The van der Waals surface area contributed by atoms with Crippen molar-refractivity contribution in [3.05, 3.63) is 0 Å². The molecule has 130 valence electrons. The van der Waals surface area contributed by atoms with Crippen LogP contribution in [0, 0.1) is 5.41 Å². The number of likely N-dealkylation sites (tertiary alicyclic amines) is 1. The van der Waals surface area contributed by atoms with Gasteiger partial charge in [-0.1, -0.05) is 20.8 Å². The van der Waals surface area contributed by atoms with E-state index in [0.717, 1.165) is 25.9 Å². The van der Waals surface area contributed by atoms with Gasteiger partial charge in [0.05, 0.1) is 13.1 Å². The van der Waals surface area contributed by atoms with Crippen LogP contribution in [0.2, 0.25) is 0 Å². The van der Waals surface area contributed by atoms with Gasteiger partial charge in [0.25, 0.3) is 0 Å². The second-order valence-corrected chi connectivity index (χ2v) is 6.69. The van der Waals surface area contributed by atoms with Crippen LogP contribution in [0.25, 0.3) is 0 Å². The van der Waals surface area contributed by atoms with Gasteiger partial charge in [-0.25, -0.2) is 0 Å². The predicted molar refractivity (Wildman–Crippen MR) is 91.0 cm³/mol. The molecule has 0 aromatic heterocycles. The van der Waals surface area contributed by atoms with Crippen LogP contribution in [0.15, 0.2) is 0 Å². The maximum atomic E-state index is 12.2. The Morgan fingerprint density at radius 2 is 2.05 bits per heavy atom. The van der Waals surface area contributed by atoms with Crippen LogP contribution in [0.4, 0.5) is 0 Å². The van der Waals surface area contributed by atoms with Gasteiger partial charge >= 0.3 is 0 Å². The van der Waals surface area contributed by atoms with E-state index in [1.165, 1.54) is 4.90 Å². The summed E-state index contributed by atoms with van der Waals surface area (Å²) in [5.41, 5.74) is 6.13. The molecule has 7 heteroatoms. The molecule has 1 unspecified atom stereocenters. The Labute approximate surface area is 140 Å². The predicted octanol–water partition coefficient (Wildman–Crippen LogP) is 0.452. The molecule has 1 saturated heterocycles. The van der Waals surface area contributed by atoms with E-state index in [2.05, 4.69) is 24.1 Å². The van der Waals surface area contributed by atoms with Gasteiger partial charge in [-0.3, -0.25) is 14.5 Å². The highest BCUT2D eigenvalue weighted by Gasteiger charge is 2.34. The first-order valence-electron chi connectivity index (χ1n) is 7.75. The molecule has 1 aliphatic heterocycles. The monoisotopic (exact) mass is 334 g/mol. The summed E-state index contributed by atoms with van der Waals surface area (Å²) >= 11 is 0. The Morgan fingerprint density at radius 3 is 2.59 bits per heavy atom. The maximum absolute atomic E-state index is 12.2. The number of nitrogens with zero attached hydrogens (tertiary/aromatic N) is 2. The number of rotatable bonds is 6. The molecule has 1 heterocycles. The van der Waals surface area contributed by atoms with Crippen molar-refractivity contribution in [2.75, 3.05) is 39.8 Å². The van der Waals surface area contributed by atoms with Crippen LogP contribution >= 0.6 is 12.4 Å². The van der Waals surface area contributed by atoms with E-state index in [9.17, 15) is 9.59 Å². The molecule has 1 aliphatic rings. The normalized spacial score (nSPS) is 20.9. The molecule has 1 rings (SSSR count). The van der Waals surface area contributed by atoms with E-state index in [-0.39, 0.29) is 42.2 Å². The number of nitrogens with two attached hydrogens (primary N) is 1. The summed E-state index contributed by atoms with van der Waals surface area (Å²) in [7, 11) is 1.68. The van der Waals surface area contributed by atoms with Gasteiger partial charge in [0, 0.05) is 32.7 Å². The van der Waals surface area contributed by atoms with Crippen LogP contribution < -0.4 is 11.1 Å². The zero-order valence-electron chi connectivity index (χ0n) is 14.2. The van der Waals surface area contributed by atoms with Gasteiger partial charge in [0.15, 0.2) is 0 Å². The molecule has 0 aromatic carbocycles. The number of amides is 2. The van der Waals surface area contributed by atoms with E-state index in [4.69, 9.17) is 5.73 Å². The minimum Gasteiger partial charge on any atom is -0.355 e. The van der Waals surface area contributed by atoms with Crippen LogP contribution in [0.3, 0.4) is 0 Å². The zero-order valence-corrected chi connectivity index (χ0v) is 15.0. The van der Waals surface area contributed by atoms with E-state index in [1.54, 1.807) is 7.05 Å². The highest BCUT2D eigenvalue weighted by atomic mass is 35.5. The van der Waals surface area contributed by atoms with Gasteiger partial charge in [0.1, 0.15) is 0 Å². The lowest BCUT2D eigenvalue weighted by Gasteiger charge is -2.42. The summed E-state index contributed by atoms with van der Waals surface area (Å²) in [5.74, 6) is -0.124. The lowest BCUT2D eigenvalue weighted by Crippen LogP contribution is -2.54. The molecule has 0 spiro atoms. The lowest BCUT2D eigenvalue weighted by molar-refractivity contribution is -0.136. The molecule has 0 radical (unpaired) electrons. The first-order valence-corrected chi connectivity index (χ1v) is 7.75. The van der Waals surface area contributed by atoms with Crippen LogP contribution in [-0.4, -0.2) is 67.4 Å². The summed E-state index contributed by atoms with van der Waals surface area (Å²) in [5, 5.41) is 2.78. The molecule has 0 aromatic rings. The van der Waals surface area contributed by atoms with Gasteiger partial charge < -0.3 is 16.0 Å². The molecular formula is C15H31ClN4O2. The Morgan fingerprint density at radius 1 is 1.41 bits per heavy atom. The Kier molecular flexibility index (Phi) is 8.96. The Hall–Kier alpha value is -0.850.